The number of benzene rings is 2. The minimum atomic E-state index is 1.33. The Bertz CT molecular complexity index is 386. The van der Waals surface area contributed by atoms with E-state index in [9.17, 15) is 0 Å². The molecule has 0 unspecified atom stereocenters. The van der Waals surface area contributed by atoms with Gasteiger partial charge in [-0.15, -0.1) is 0 Å². The maximum absolute atomic E-state index is 2.17. The first-order valence-electron chi connectivity index (χ1n) is 5.64. The van der Waals surface area contributed by atoms with E-state index in [4.69, 9.17) is 0 Å². The predicted molar refractivity (Wildman–Crippen MR) is 71.8 cm³/mol. The highest BCUT2D eigenvalue weighted by Gasteiger charge is 1.81. The highest BCUT2D eigenvalue weighted by Crippen LogP contribution is 2.00. The molecule has 0 aliphatic heterocycles. The van der Waals surface area contributed by atoms with E-state index in [1.807, 2.05) is 0 Å². The normalized spacial score (nSPS) is 9.25. The summed E-state index contributed by atoms with van der Waals surface area (Å²) in [7, 11) is 0. The molecule has 0 amide bonds. The molecule has 2 rings (SSSR count). The molecule has 0 radical (unpaired) electrons. The van der Waals surface area contributed by atoms with Crippen LogP contribution in [0.15, 0.2) is 48.5 Å². The zero-order valence-corrected chi connectivity index (χ0v) is 10.6. The zero-order chi connectivity index (χ0) is 12.0. The molecule has 2 aromatic rings. The average molecular weight is 212 g/mol. The van der Waals surface area contributed by atoms with Gasteiger partial charge >= 0.3 is 0 Å². The molecule has 0 nitrogen and oxygen atoms in total. The van der Waals surface area contributed by atoms with Gasteiger partial charge in [-0.25, -0.2) is 0 Å². The van der Waals surface area contributed by atoms with Crippen molar-refractivity contribution in [1.82, 2.24) is 0 Å². The van der Waals surface area contributed by atoms with Crippen LogP contribution in [0.3, 0.4) is 0 Å². The van der Waals surface area contributed by atoms with Crippen LogP contribution in [0.1, 0.15) is 22.3 Å². The highest BCUT2D eigenvalue weighted by atomic mass is 13.9. The molecule has 0 heterocycles. The van der Waals surface area contributed by atoms with E-state index >= 15 is 0 Å². The molecule has 0 aromatic heterocycles. The van der Waals surface area contributed by atoms with Crippen LogP contribution >= 0.6 is 0 Å². The fourth-order valence-corrected chi connectivity index (χ4v) is 1.44. The molecule has 0 heteroatoms. The van der Waals surface area contributed by atoms with Crippen LogP contribution in [0.2, 0.25) is 0 Å². The fraction of sp³-hybridized carbons (Fsp3) is 0.250. The van der Waals surface area contributed by atoms with E-state index < -0.39 is 0 Å². The lowest BCUT2D eigenvalue weighted by molar-refractivity contribution is 1.39. The largest absolute Gasteiger partial charge is 0.0617 e. The number of hydrogen-bond acceptors (Lipinski definition) is 0. The zero-order valence-electron chi connectivity index (χ0n) is 10.6. The summed E-state index contributed by atoms with van der Waals surface area (Å²) < 4.78 is 0. The molecule has 2 aromatic carbocycles. The van der Waals surface area contributed by atoms with Gasteiger partial charge in [0.05, 0.1) is 0 Å². The minimum Gasteiger partial charge on any atom is -0.0617 e. The summed E-state index contributed by atoms with van der Waals surface area (Å²) in [5.74, 6) is 0. The second-order valence-corrected chi connectivity index (χ2v) is 4.31. The lowest BCUT2D eigenvalue weighted by Gasteiger charge is -1.90. The SMILES string of the molecule is Cc1ccc(C)cc1.Cc1cccc(C)c1. The van der Waals surface area contributed by atoms with E-state index in [-0.39, 0.29) is 0 Å². The Hall–Kier alpha value is -1.56. The lowest BCUT2D eigenvalue weighted by Crippen LogP contribution is -1.71. The van der Waals surface area contributed by atoms with E-state index in [1.165, 1.54) is 22.3 Å². The summed E-state index contributed by atoms with van der Waals surface area (Å²) in [6.45, 7) is 8.40. The van der Waals surface area contributed by atoms with Gasteiger partial charge in [0, 0.05) is 0 Å². The van der Waals surface area contributed by atoms with E-state index in [2.05, 4.69) is 76.2 Å². The summed E-state index contributed by atoms with van der Waals surface area (Å²) >= 11 is 0. The molecule has 0 spiro atoms. The topological polar surface area (TPSA) is 0 Å². The molecule has 0 atom stereocenters. The third-order valence-corrected chi connectivity index (χ3v) is 2.39. The first kappa shape index (κ1) is 12.5. The van der Waals surface area contributed by atoms with Crippen molar-refractivity contribution in [3.8, 4) is 0 Å². The van der Waals surface area contributed by atoms with E-state index in [0.29, 0.717) is 0 Å². The Labute approximate surface area is 99.0 Å². The van der Waals surface area contributed by atoms with Crippen molar-refractivity contribution in [2.75, 3.05) is 0 Å². The van der Waals surface area contributed by atoms with Gasteiger partial charge in [0.25, 0.3) is 0 Å². The van der Waals surface area contributed by atoms with Crippen molar-refractivity contribution in [1.29, 1.82) is 0 Å². The van der Waals surface area contributed by atoms with Crippen LogP contribution in [-0.4, -0.2) is 0 Å². The van der Waals surface area contributed by atoms with Crippen molar-refractivity contribution in [2.45, 2.75) is 27.7 Å². The number of rotatable bonds is 0. The van der Waals surface area contributed by atoms with Crippen molar-refractivity contribution in [3.05, 3.63) is 70.8 Å². The average Bonchev–Trinajstić information content (AvgIpc) is 2.23. The summed E-state index contributed by atoms with van der Waals surface area (Å²) in [6, 6.07) is 16.9. The molecular weight excluding hydrogens is 192 g/mol. The minimum absolute atomic E-state index is 1.33. The number of hydrogen-bond donors (Lipinski definition) is 0. The third-order valence-electron chi connectivity index (χ3n) is 2.39. The maximum atomic E-state index is 2.17. The summed E-state index contributed by atoms with van der Waals surface area (Å²) in [5.41, 5.74) is 5.33. The quantitative estimate of drug-likeness (QED) is 0.598. The van der Waals surface area contributed by atoms with Gasteiger partial charge in [-0.2, -0.15) is 0 Å². The van der Waals surface area contributed by atoms with Crippen LogP contribution < -0.4 is 0 Å². The molecule has 0 aliphatic carbocycles. The lowest BCUT2D eigenvalue weighted by atomic mass is 10.2. The molecule has 0 saturated heterocycles. The van der Waals surface area contributed by atoms with E-state index in [1.54, 1.807) is 0 Å². The number of aryl methyl sites for hydroxylation is 4. The van der Waals surface area contributed by atoms with Gasteiger partial charge < -0.3 is 0 Å². The van der Waals surface area contributed by atoms with Gasteiger partial charge in [-0.1, -0.05) is 70.8 Å². The Morgan fingerprint density at radius 2 is 0.875 bits per heavy atom. The van der Waals surface area contributed by atoms with Crippen molar-refractivity contribution in [3.63, 3.8) is 0 Å². The molecule has 0 bridgehead atoms. The second kappa shape index (κ2) is 6.12. The molecule has 0 fully saturated rings. The molecule has 0 N–H and O–H groups in total. The monoisotopic (exact) mass is 212 g/mol. The highest BCUT2D eigenvalue weighted by molar-refractivity contribution is 5.20. The van der Waals surface area contributed by atoms with Crippen molar-refractivity contribution >= 4 is 0 Å². The smallest absolute Gasteiger partial charge is 0.0398 e. The Morgan fingerprint density at radius 3 is 1.12 bits per heavy atom. The van der Waals surface area contributed by atoms with E-state index in [0.717, 1.165) is 0 Å². The van der Waals surface area contributed by atoms with Crippen LogP contribution in [0.4, 0.5) is 0 Å². The van der Waals surface area contributed by atoms with Gasteiger partial charge in [0.2, 0.25) is 0 Å². The van der Waals surface area contributed by atoms with Crippen molar-refractivity contribution < 1.29 is 0 Å². The molecule has 16 heavy (non-hydrogen) atoms. The van der Waals surface area contributed by atoms with Crippen LogP contribution in [0, 0.1) is 27.7 Å². The van der Waals surface area contributed by atoms with Crippen LogP contribution in [-0.2, 0) is 0 Å². The second-order valence-electron chi connectivity index (χ2n) is 4.31. The van der Waals surface area contributed by atoms with Gasteiger partial charge in [0.15, 0.2) is 0 Å². The van der Waals surface area contributed by atoms with Gasteiger partial charge in [-0.05, 0) is 27.7 Å². The summed E-state index contributed by atoms with van der Waals surface area (Å²) in [5, 5.41) is 0. The fourth-order valence-electron chi connectivity index (χ4n) is 1.44. The van der Waals surface area contributed by atoms with Crippen LogP contribution in [0.5, 0.6) is 0 Å². The molecule has 0 saturated carbocycles. The first-order chi connectivity index (χ1) is 7.58. The Kier molecular flexibility index (Phi) is 4.78. The summed E-state index contributed by atoms with van der Waals surface area (Å²) in [6.07, 6.45) is 0. The van der Waals surface area contributed by atoms with Gasteiger partial charge in [0.1, 0.15) is 0 Å². The molecule has 84 valence electrons. The third kappa shape index (κ3) is 4.79. The molecule has 0 aliphatic rings. The Balaban J connectivity index is 0.000000160. The standard InChI is InChI=1S/2C8H10/c1-7-3-5-8(2)6-4-7;1-7-4-3-5-8(2)6-7/h2*3-6H,1-2H3. The summed E-state index contributed by atoms with van der Waals surface area (Å²) in [4.78, 5) is 0. The van der Waals surface area contributed by atoms with Crippen LogP contribution in [0.25, 0.3) is 0 Å². The Morgan fingerprint density at radius 1 is 0.500 bits per heavy atom. The molecular formula is C16H20. The van der Waals surface area contributed by atoms with Crippen molar-refractivity contribution in [2.24, 2.45) is 0 Å². The van der Waals surface area contributed by atoms with Gasteiger partial charge in [-0.3, -0.25) is 0 Å². The maximum Gasteiger partial charge on any atom is -0.0398 e. The predicted octanol–water partition coefficient (Wildman–Crippen LogP) is 4.61. The first-order valence-corrected chi connectivity index (χ1v) is 5.64.